The number of nitrogens with one attached hydrogen (secondary N) is 2. The first kappa shape index (κ1) is 19.8. The number of aryl methyl sites for hydroxylation is 1. The number of aliphatic imine (C=N–C) groups is 1. The van der Waals surface area contributed by atoms with Crippen molar-refractivity contribution in [2.24, 2.45) is 16.8 Å². The van der Waals surface area contributed by atoms with Crippen LogP contribution in [0.1, 0.15) is 43.7 Å². The Hall–Kier alpha value is -1.56. The van der Waals surface area contributed by atoms with Gasteiger partial charge in [0.1, 0.15) is 0 Å². The summed E-state index contributed by atoms with van der Waals surface area (Å²) < 4.78 is 23.4. The fourth-order valence-corrected chi connectivity index (χ4v) is 4.53. The summed E-state index contributed by atoms with van der Waals surface area (Å²) in [5.74, 6) is 2.27. The minimum atomic E-state index is -3.17. The second-order valence-electron chi connectivity index (χ2n) is 7.20. The van der Waals surface area contributed by atoms with E-state index in [0.717, 1.165) is 29.5 Å². The third-order valence-electron chi connectivity index (χ3n) is 5.14. The van der Waals surface area contributed by atoms with Crippen LogP contribution in [-0.2, 0) is 16.4 Å². The number of rotatable bonds is 5. The molecule has 0 spiro atoms. The van der Waals surface area contributed by atoms with E-state index in [9.17, 15) is 8.42 Å². The maximum absolute atomic E-state index is 11.7. The zero-order valence-electron chi connectivity index (χ0n) is 15.8. The monoisotopic (exact) mass is 365 g/mol. The van der Waals surface area contributed by atoms with Gasteiger partial charge in [0.05, 0.1) is 4.90 Å². The molecule has 1 fully saturated rings. The summed E-state index contributed by atoms with van der Waals surface area (Å²) in [4.78, 5) is 4.68. The molecule has 1 saturated carbocycles. The molecule has 1 aliphatic carbocycles. The van der Waals surface area contributed by atoms with E-state index in [4.69, 9.17) is 0 Å². The van der Waals surface area contributed by atoms with Crippen LogP contribution in [-0.4, -0.2) is 34.2 Å². The predicted molar refractivity (Wildman–Crippen MR) is 104 cm³/mol. The van der Waals surface area contributed by atoms with Crippen molar-refractivity contribution in [1.29, 1.82) is 0 Å². The van der Waals surface area contributed by atoms with Gasteiger partial charge in [-0.15, -0.1) is 0 Å². The minimum Gasteiger partial charge on any atom is -0.356 e. The van der Waals surface area contributed by atoms with Crippen LogP contribution in [0.5, 0.6) is 0 Å². The Morgan fingerprint density at radius 1 is 1.24 bits per heavy atom. The number of guanidine groups is 1. The Kier molecular flexibility index (Phi) is 6.87. The first-order chi connectivity index (χ1) is 11.8. The summed E-state index contributed by atoms with van der Waals surface area (Å²) in [7, 11) is -1.39. The third kappa shape index (κ3) is 5.73. The number of hydrogen-bond acceptors (Lipinski definition) is 3. The Balaban J connectivity index is 1.89. The molecule has 0 bridgehead atoms. The highest BCUT2D eigenvalue weighted by Crippen LogP contribution is 2.28. The second-order valence-corrected chi connectivity index (χ2v) is 9.18. The largest absolute Gasteiger partial charge is 0.356 e. The van der Waals surface area contributed by atoms with E-state index in [1.807, 2.05) is 19.1 Å². The predicted octanol–water partition coefficient (Wildman–Crippen LogP) is 2.89. The number of benzene rings is 1. The van der Waals surface area contributed by atoms with Crippen LogP contribution in [0, 0.1) is 18.8 Å². The molecule has 25 heavy (non-hydrogen) atoms. The van der Waals surface area contributed by atoms with E-state index in [2.05, 4.69) is 22.5 Å². The van der Waals surface area contributed by atoms with E-state index in [1.165, 1.54) is 31.9 Å². The highest BCUT2D eigenvalue weighted by molar-refractivity contribution is 7.90. The van der Waals surface area contributed by atoms with Crippen LogP contribution >= 0.6 is 0 Å². The summed E-state index contributed by atoms with van der Waals surface area (Å²) >= 11 is 0. The van der Waals surface area contributed by atoms with Gasteiger partial charge in [0.2, 0.25) is 0 Å². The van der Waals surface area contributed by atoms with Crippen LogP contribution in [0.4, 0.5) is 0 Å². The Morgan fingerprint density at radius 3 is 2.56 bits per heavy atom. The van der Waals surface area contributed by atoms with Gasteiger partial charge in [-0.25, -0.2) is 8.42 Å². The number of nitrogens with zero attached hydrogens (tertiary/aromatic N) is 1. The first-order valence-corrected chi connectivity index (χ1v) is 10.9. The van der Waals surface area contributed by atoms with E-state index >= 15 is 0 Å². The molecule has 2 atom stereocenters. The molecule has 5 nitrogen and oxygen atoms in total. The summed E-state index contributed by atoms with van der Waals surface area (Å²) in [5.41, 5.74) is 1.82. The maximum atomic E-state index is 11.7. The summed E-state index contributed by atoms with van der Waals surface area (Å²) in [6, 6.07) is 5.45. The van der Waals surface area contributed by atoms with Gasteiger partial charge >= 0.3 is 0 Å². The van der Waals surface area contributed by atoms with Crippen LogP contribution in [0.25, 0.3) is 0 Å². The lowest BCUT2D eigenvalue weighted by atomic mass is 9.80. The van der Waals surface area contributed by atoms with Crippen LogP contribution in [0.2, 0.25) is 0 Å². The van der Waals surface area contributed by atoms with Gasteiger partial charge in [0, 0.05) is 26.4 Å². The summed E-state index contributed by atoms with van der Waals surface area (Å²) in [6.07, 6.45) is 6.54. The first-order valence-electron chi connectivity index (χ1n) is 9.05. The van der Waals surface area contributed by atoms with Crippen molar-refractivity contribution >= 4 is 15.8 Å². The van der Waals surface area contributed by atoms with Crippen LogP contribution in [0.15, 0.2) is 28.1 Å². The molecule has 0 aromatic heterocycles. The normalized spacial score (nSPS) is 21.8. The Morgan fingerprint density at radius 2 is 1.96 bits per heavy atom. The molecule has 6 heteroatoms. The number of hydrogen-bond donors (Lipinski definition) is 2. The average molecular weight is 366 g/mol. The Bertz CT molecular complexity index is 713. The van der Waals surface area contributed by atoms with Crippen LogP contribution in [0.3, 0.4) is 0 Å². The topological polar surface area (TPSA) is 70.6 Å². The van der Waals surface area contributed by atoms with Gasteiger partial charge in [-0.1, -0.05) is 38.3 Å². The molecule has 2 rings (SSSR count). The highest BCUT2D eigenvalue weighted by Gasteiger charge is 2.21. The van der Waals surface area contributed by atoms with Crippen molar-refractivity contribution in [3.05, 3.63) is 29.3 Å². The van der Waals surface area contributed by atoms with Crippen molar-refractivity contribution in [3.63, 3.8) is 0 Å². The molecule has 1 aromatic carbocycles. The SMILES string of the molecule is CN=C(NCc1ccc(S(C)(=O)=O)c(C)c1)NCC1CCCCC1C. The van der Waals surface area contributed by atoms with Gasteiger partial charge < -0.3 is 10.6 Å². The fraction of sp³-hybridized carbons (Fsp3) is 0.632. The fourth-order valence-electron chi connectivity index (χ4n) is 3.57. The summed E-state index contributed by atoms with van der Waals surface area (Å²) in [6.45, 7) is 5.74. The van der Waals surface area contributed by atoms with Gasteiger partial charge in [-0.2, -0.15) is 0 Å². The van der Waals surface area contributed by atoms with Crippen molar-refractivity contribution in [1.82, 2.24) is 10.6 Å². The van der Waals surface area contributed by atoms with Gasteiger partial charge in [0.25, 0.3) is 0 Å². The lowest BCUT2D eigenvalue weighted by molar-refractivity contribution is 0.256. The van der Waals surface area contributed by atoms with Crippen molar-refractivity contribution in [2.45, 2.75) is 51.0 Å². The molecule has 1 aromatic rings. The molecule has 140 valence electrons. The molecule has 0 aliphatic heterocycles. The summed E-state index contributed by atoms with van der Waals surface area (Å²) in [5, 5.41) is 6.75. The van der Waals surface area contributed by atoms with Crippen LogP contribution < -0.4 is 10.6 Å². The smallest absolute Gasteiger partial charge is 0.191 e. The van der Waals surface area contributed by atoms with Crippen molar-refractivity contribution in [3.8, 4) is 0 Å². The zero-order chi connectivity index (χ0) is 18.4. The van der Waals surface area contributed by atoms with E-state index in [1.54, 1.807) is 13.1 Å². The molecular weight excluding hydrogens is 334 g/mol. The standard InChI is InChI=1S/C19H31N3O2S/c1-14-7-5-6-8-17(14)13-22-19(20-3)21-12-16-9-10-18(15(2)11-16)25(4,23)24/h9-11,14,17H,5-8,12-13H2,1-4H3,(H2,20,21,22). The molecule has 2 unspecified atom stereocenters. The highest BCUT2D eigenvalue weighted by atomic mass is 32.2. The maximum Gasteiger partial charge on any atom is 0.191 e. The molecular formula is C19H31N3O2S. The molecule has 1 aliphatic rings. The third-order valence-corrected chi connectivity index (χ3v) is 6.40. The molecule has 0 saturated heterocycles. The van der Waals surface area contributed by atoms with Crippen molar-refractivity contribution in [2.75, 3.05) is 19.8 Å². The minimum absolute atomic E-state index is 0.394. The van der Waals surface area contributed by atoms with Gasteiger partial charge in [0.15, 0.2) is 15.8 Å². The lowest BCUT2D eigenvalue weighted by Crippen LogP contribution is -2.41. The molecule has 0 radical (unpaired) electrons. The average Bonchev–Trinajstić information content (AvgIpc) is 2.55. The second kappa shape index (κ2) is 8.70. The zero-order valence-corrected chi connectivity index (χ0v) is 16.6. The van der Waals surface area contributed by atoms with E-state index in [-0.39, 0.29) is 0 Å². The lowest BCUT2D eigenvalue weighted by Gasteiger charge is -2.29. The number of sulfone groups is 1. The van der Waals surface area contributed by atoms with Gasteiger partial charge in [-0.3, -0.25) is 4.99 Å². The molecule has 0 amide bonds. The molecule has 0 heterocycles. The van der Waals surface area contributed by atoms with Gasteiger partial charge in [-0.05, 0) is 42.4 Å². The quantitative estimate of drug-likeness (QED) is 0.622. The Labute approximate surface area is 152 Å². The van der Waals surface area contributed by atoms with E-state index < -0.39 is 9.84 Å². The van der Waals surface area contributed by atoms with E-state index in [0.29, 0.717) is 17.4 Å². The molecule has 2 N–H and O–H groups in total. The van der Waals surface area contributed by atoms with Crippen molar-refractivity contribution < 1.29 is 8.42 Å².